The summed E-state index contributed by atoms with van der Waals surface area (Å²) >= 11 is 5.45. The van der Waals surface area contributed by atoms with Crippen molar-refractivity contribution in [2.75, 3.05) is 11.9 Å². The maximum Gasteiger partial charge on any atom is 0.244 e. The van der Waals surface area contributed by atoms with E-state index in [1.54, 1.807) is 16.7 Å². The fourth-order valence-corrected chi connectivity index (χ4v) is 11.0. The van der Waals surface area contributed by atoms with E-state index in [9.17, 15) is 19.5 Å². The number of amides is 3. The summed E-state index contributed by atoms with van der Waals surface area (Å²) in [6.45, 7) is 14.3. The average Bonchev–Trinajstić information content (AvgIpc) is 3.42. The molecule has 4 rings (SSSR count). The Morgan fingerprint density at radius 2 is 1.82 bits per heavy atom. The second-order valence-corrected chi connectivity index (χ2v) is 16.2. The van der Waals surface area contributed by atoms with Crippen molar-refractivity contribution in [3.63, 3.8) is 0 Å². The maximum absolute atomic E-state index is 14.4. The predicted molar refractivity (Wildman–Crippen MR) is 161 cm³/mol. The Morgan fingerprint density at radius 3 is 2.38 bits per heavy atom. The number of carbonyl (C=O) groups is 3. The first-order valence-electron chi connectivity index (χ1n) is 14.1. The van der Waals surface area contributed by atoms with Gasteiger partial charge in [-0.1, -0.05) is 75.2 Å². The minimum Gasteiger partial charge on any atom is -0.394 e. The normalized spacial score (nSPS) is 31.7. The van der Waals surface area contributed by atoms with Gasteiger partial charge in [-0.25, -0.2) is 0 Å². The van der Waals surface area contributed by atoms with E-state index in [0.29, 0.717) is 12.1 Å². The minimum absolute atomic E-state index is 0.00468. The number of alkyl halides is 1. The van der Waals surface area contributed by atoms with Gasteiger partial charge in [-0.3, -0.25) is 14.4 Å². The number of aliphatic hydroxyl groups excluding tert-OH is 1. The average molecular weight is 623 g/mol. The molecule has 3 unspecified atom stereocenters. The number of carbonyl (C=O) groups excluding carboxylic acids is 3. The molecule has 7 nitrogen and oxygen atoms in total. The highest BCUT2D eigenvalue weighted by molar-refractivity contribution is 9.09. The van der Waals surface area contributed by atoms with Crippen LogP contribution in [0, 0.1) is 23.2 Å². The van der Waals surface area contributed by atoms with Gasteiger partial charge in [0.2, 0.25) is 17.7 Å². The van der Waals surface area contributed by atoms with Crippen LogP contribution in [0.15, 0.2) is 30.3 Å². The van der Waals surface area contributed by atoms with Crippen LogP contribution in [-0.2, 0) is 14.4 Å². The number of anilines is 1. The van der Waals surface area contributed by atoms with Crippen molar-refractivity contribution in [1.82, 2.24) is 10.2 Å². The summed E-state index contributed by atoms with van der Waals surface area (Å²) in [5.74, 6) is -1.80. The van der Waals surface area contributed by atoms with Crippen LogP contribution < -0.4 is 10.6 Å². The number of rotatable bonds is 9. The number of likely N-dealkylation sites (tertiary alicyclic amines) is 1. The van der Waals surface area contributed by atoms with Crippen LogP contribution in [0.3, 0.4) is 0 Å². The molecule has 1 aromatic rings. The van der Waals surface area contributed by atoms with Crippen molar-refractivity contribution >= 4 is 51.1 Å². The van der Waals surface area contributed by atoms with E-state index in [2.05, 4.69) is 47.3 Å². The van der Waals surface area contributed by atoms with E-state index < -0.39 is 34.2 Å². The van der Waals surface area contributed by atoms with Crippen LogP contribution in [0.5, 0.6) is 0 Å². The number of hydrogen-bond donors (Lipinski definition) is 3. The highest BCUT2D eigenvalue weighted by Crippen LogP contribution is 2.68. The van der Waals surface area contributed by atoms with Gasteiger partial charge in [-0.05, 0) is 50.2 Å². The zero-order valence-electron chi connectivity index (χ0n) is 24.2. The summed E-state index contributed by atoms with van der Waals surface area (Å²) in [5, 5.41) is 16.7. The smallest absolute Gasteiger partial charge is 0.244 e. The van der Waals surface area contributed by atoms with Crippen LogP contribution >= 0.6 is 27.7 Å². The van der Waals surface area contributed by atoms with E-state index in [4.69, 9.17) is 0 Å². The zero-order chi connectivity index (χ0) is 28.9. The first-order valence-corrected chi connectivity index (χ1v) is 15.9. The lowest BCUT2D eigenvalue weighted by molar-refractivity contribution is -0.143. The molecule has 8 atom stereocenters. The SMILES string of the molecule is CC[C@H](C)[C@H](CO)N1C(=O)[C@@H]2[C@@H](C(=O)Nc3ccccc3)[C@@H]3SC2(CC3Br)C1C(=O)NC(C)(C)CC(C)(C)C. The molecule has 0 aromatic heterocycles. The topological polar surface area (TPSA) is 98.7 Å². The molecule has 3 aliphatic rings. The predicted octanol–water partition coefficient (Wildman–Crippen LogP) is 4.83. The van der Waals surface area contributed by atoms with Crippen LogP contribution in [0.25, 0.3) is 0 Å². The van der Waals surface area contributed by atoms with E-state index in [1.165, 1.54) is 0 Å². The third-order valence-corrected chi connectivity index (χ3v) is 11.8. The number of halogens is 1. The molecule has 1 aromatic carbocycles. The molecule has 0 aliphatic carbocycles. The van der Waals surface area contributed by atoms with Crippen LogP contribution in [0.1, 0.15) is 67.7 Å². The third kappa shape index (κ3) is 5.65. The summed E-state index contributed by atoms with van der Waals surface area (Å²) in [7, 11) is 0. The van der Waals surface area contributed by atoms with Gasteiger partial charge in [0.1, 0.15) is 6.04 Å². The van der Waals surface area contributed by atoms with E-state index in [-0.39, 0.29) is 45.7 Å². The lowest BCUT2D eigenvalue weighted by Crippen LogP contribution is -2.61. The second-order valence-electron chi connectivity index (χ2n) is 13.5. The van der Waals surface area contributed by atoms with E-state index >= 15 is 0 Å². The Kier molecular flexibility index (Phi) is 8.58. The van der Waals surface area contributed by atoms with Gasteiger partial charge in [0.05, 0.1) is 29.2 Å². The van der Waals surface area contributed by atoms with Crippen LogP contribution in [0.2, 0.25) is 0 Å². The zero-order valence-corrected chi connectivity index (χ0v) is 26.6. The van der Waals surface area contributed by atoms with Gasteiger partial charge in [0.25, 0.3) is 0 Å². The lowest BCUT2D eigenvalue weighted by Gasteiger charge is -2.41. The second kappa shape index (κ2) is 11.0. The summed E-state index contributed by atoms with van der Waals surface area (Å²) in [6.07, 6.45) is 2.13. The van der Waals surface area contributed by atoms with Gasteiger partial charge < -0.3 is 20.6 Å². The monoisotopic (exact) mass is 621 g/mol. The first kappa shape index (κ1) is 30.4. The number of nitrogens with zero attached hydrogens (tertiary/aromatic N) is 1. The van der Waals surface area contributed by atoms with Crippen molar-refractivity contribution in [3.8, 4) is 0 Å². The first-order chi connectivity index (χ1) is 18.2. The quantitative estimate of drug-likeness (QED) is 0.343. The molecule has 3 amide bonds. The fraction of sp³-hybridized carbons (Fsp3) is 0.700. The highest BCUT2D eigenvalue weighted by Gasteiger charge is 2.76. The van der Waals surface area contributed by atoms with Crippen molar-refractivity contribution in [2.45, 2.75) is 100 Å². The Hall–Kier alpha value is -1.58. The molecule has 1 spiro atoms. The molecule has 0 saturated carbocycles. The van der Waals surface area contributed by atoms with Crippen molar-refractivity contribution < 1.29 is 19.5 Å². The van der Waals surface area contributed by atoms with Gasteiger partial charge in [0.15, 0.2) is 0 Å². The molecule has 39 heavy (non-hydrogen) atoms. The number of fused-ring (bicyclic) bond motifs is 1. The summed E-state index contributed by atoms with van der Waals surface area (Å²) < 4.78 is -0.753. The summed E-state index contributed by atoms with van der Waals surface area (Å²) in [6, 6.07) is 8.00. The molecule has 3 aliphatic heterocycles. The molecule has 9 heteroatoms. The maximum atomic E-state index is 14.4. The van der Waals surface area contributed by atoms with Crippen LogP contribution in [0.4, 0.5) is 5.69 Å². The number of para-hydroxylation sites is 1. The van der Waals surface area contributed by atoms with Crippen molar-refractivity contribution in [3.05, 3.63) is 30.3 Å². The fourth-order valence-electron chi connectivity index (χ4n) is 7.36. The van der Waals surface area contributed by atoms with E-state index in [0.717, 1.165) is 12.8 Å². The molecule has 216 valence electrons. The Bertz CT molecular complexity index is 1090. The van der Waals surface area contributed by atoms with Crippen LogP contribution in [-0.4, -0.2) is 66.8 Å². The molecular formula is C30H44BrN3O4S. The molecular weight excluding hydrogens is 578 g/mol. The Balaban J connectivity index is 1.75. The van der Waals surface area contributed by atoms with Crippen molar-refractivity contribution in [2.24, 2.45) is 23.2 Å². The number of hydrogen-bond acceptors (Lipinski definition) is 5. The Morgan fingerprint density at radius 1 is 1.18 bits per heavy atom. The number of thioether (sulfide) groups is 1. The number of aliphatic hydroxyl groups is 1. The highest BCUT2D eigenvalue weighted by atomic mass is 79.9. The van der Waals surface area contributed by atoms with Crippen molar-refractivity contribution in [1.29, 1.82) is 0 Å². The summed E-state index contributed by atoms with van der Waals surface area (Å²) in [4.78, 5) is 44.1. The number of nitrogens with one attached hydrogen (secondary N) is 2. The van der Waals surface area contributed by atoms with Gasteiger partial charge in [-0.15, -0.1) is 11.8 Å². The molecule has 3 fully saturated rings. The molecule has 0 radical (unpaired) electrons. The molecule has 3 heterocycles. The minimum atomic E-state index is -0.773. The summed E-state index contributed by atoms with van der Waals surface area (Å²) in [5.41, 5.74) is 0.182. The number of benzene rings is 1. The van der Waals surface area contributed by atoms with E-state index in [1.807, 2.05) is 58.0 Å². The molecule has 3 saturated heterocycles. The van der Waals surface area contributed by atoms with Gasteiger partial charge >= 0.3 is 0 Å². The standard InChI is InChI=1S/C30H44BrN3O4S/c1-8-17(2)20(15-35)34-24(26(37)33-29(6,7)16-28(3,4)5)30-14-19(31)23(39-30)21(22(30)27(34)38)25(36)32-18-12-10-9-11-13-18/h9-13,17,19-24,35H,8,14-16H2,1-7H3,(H,32,36)(H,33,37)/t17-,19?,20-,21+,22-,23+,24?,30?/m0/s1. The largest absolute Gasteiger partial charge is 0.394 e. The Labute approximate surface area is 245 Å². The third-order valence-electron chi connectivity index (χ3n) is 8.60. The van der Waals surface area contributed by atoms with Gasteiger partial charge in [-0.2, -0.15) is 0 Å². The lowest BCUT2D eigenvalue weighted by atomic mass is 9.70. The molecule has 2 bridgehead atoms. The van der Waals surface area contributed by atoms with Gasteiger partial charge in [0, 0.05) is 21.3 Å². The molecule has 3 N–H and O–H groups in total.